The molecule has 1 aromatic rings. The van der Waals surface area contributed by atoms with Crippen LogP contribution in [0.1, 0.15) is 28.0 Å². The first-order chi connectivity index (χ1) is 6.61. The molecule has 76 valence electrons. The van der Waals surface area contributed by atoms with Crippen LogP contribution in [0.3, 0.4) is 0 Å². The fourth-order valence-electron chi connectivity index (χ4n) is 1.04. The minimum atomic E-state index is -2.77. The summed E-state index contributed by atoms with van der Waals surface area (Å²) in [6.07, 6.45) is -1.35. The zero-order valence-corrected chi connectivity index (χ0v) is 8.59. The summed E-state index contributed by atoms with van der Waals surface area (Å²) in [5.74, 6) is 0. The van der Waals surface area contributed by atoms with Gasteiger partial charge in [0.1, 0.15) is 0 Å². The number of hydrogen-bond donors (Lipinski definition) is 1. The first-order valence-corrected chi connectivity index (χ1v) is 4.80. The van der Waals surface area contributed by atoms with Crippen molar-refractivity contribution in [3.63, 3.8) is 0 Å². The van der Waals surface area contributed by atoms with Gasteiger partial charge in [-0.2, -0.15) is 0 Å². The molecule has 0 radical (unpaired) electrons. The number of nitrogens with zero attached hydrogens (tertiary/aromatic N) is 1. The van der Waals surface area contributed by atoms with E-state index in [9.17, 15) is 13.6 Å². The zero-order chi connectivity index (χ0) is 10.7. The van der Waals surface area contributed by atoms with Crippen molar-refractivity contribution in [1.29, 1.82) is 0 Å². The van der Waals surface area contributed by atoms with Crippen LogP contribution in [-0.2, 0) is 5.33 Å². The number of rotatable bonds is 3. The lowest BCUT2D eigenvalue weighted by atomic mass is 10.1. The Morgan fingerprint density at radius 2 is 2.29 bits per heavy atom. The predicted octanol–water partition coefficient (Wildman–Crippen LogP) is 2.31. The molecular weight excluding hydrogens is 258 g/mol. The lowest BCUT2D eigenvalue weighted by Crippen LogP contribution is -2.05. The standard InChI is InChI=1S/C8H7BrF2N2O/c9-1-5-7(12)6(8(10)11)4(3-14)2-13-5/h2-3,8H,1,12H2. The highest BCUT2D eigenvalue weighted by atomic mass is 79.9. The molecule has 0 amide bonds. The third-order valence-electron chi connectivity index (χ3n) is 1.74. The molecule has 14 heavy (non-hydrogen) atoms. The Hall–Kier alpha value is -1.04. The number of hydrogen-bond acceptors (Lipinski definition) is 3. The predicted molar refractivity (Wildman–Crippen MR) is 51.6 cm³/mol. The smallest absolute Gasteiger partial charge is 0.266 e. The van der Waals surface area contributed by atoms with Gasteiger partial charge in [0.2, 0.25) is 0 Å². The molecule has 0 atom stereocenters. The van der Waals surface area contributed by atoms with Crippen LogP contribution in [0, 0.1) is 0 Å². The molecule has 1 heterocycles. The van der Waals surface area contributed by atoms with Gasteiger partial charge >= 0.3 is 0 Å². The quantitative estimate of drug-likeness (QED) is 0.674. The molecule has 0 bridgehead atoms. The molecule has 0 fully saturated rings. The minimum Gasteiger partial charge on any atom is -0.397 e. The highest BCUT2D eigenvalue weighted by Crippen LogP contribution is 2.29. The van der Waals surface area contributed by atoms with E-state index in [1.54, 1.807) is 0 Å². The normalized spacial score (nSPS) is 10.6. The Morgan fingerprint density at radius 3 is 2.71 bits per heavy atom. The van der Waals surface area contributed by atoms with Gasteiger partial charge in [-0.15, -0.1) is 0 Å². The summed E-state index contributed by atoms with van der Waals surface area (Å²) in [7, 11) is 0. The number of aldehydes is 1. The molecule has 2 N–H and O–H groups in total. The van der Waals surface area contributed by atoms with Crippen molar-refractivity contribution in [3.8, 4) is 0 Å². The number of carbonyl (C=O) groups excluding carboxylic acids is 1. The van der Waals surface area contributed by atoms with Gasteiger partial charge in [-0.1, -0.05) is 15.9 Å². The maximum absolute atomic E-state index is 12.5. The fraction of sp³-hybridized carbons (Fsp3) is 0.250. The van der Waals surface area contributed by atoms with Crippen LogP contribution in [0.15, 0.2) is 6.20 Å². The summed E-state index contributed by atoms with van der Waals surface area (Å²) in [4.78, 5) is 14.2. The van der Waals surface area contributed by atoms with Crippen LogP contribution in [-0.4, -0.2) is 11.3 Å². The van der Waals surface area contributed by atoms with Crippen molar-refractivity contribution in [2.75, 3.05) is 5.73 Å². The molecule has 0 saturated carbocycles. The zero-order valence-electron chi connectivity index (χ0n) is 7.01. The molecule has 0 unspecified atom stereocenters. The first kappa shape index (κ1) is 11.0. The van der Waals surface area contributed by atoms with Gasteiger partial charge in [0.25, 0.3) is 6.43 Å². The van der Waals surface area contributed by atoms with Crippen LogP contribution < -0.4 is 5.73 Å². The van der Waals surface area contributed by atoms with Gasteiger partial charge in [-0.05, 0) is 0 Å². The van der Waals surface area contributed by atoms with E-state index in [2.05, 4.69) is 20.9 Å². The summed E-state index contributed by atoms with van der Waals surface area (Å²) in [6, 6.07) is 0. The van der Waals surface area contributed by atoms with E-state index in [1.807, 2.05) is 0 Å². The second-order valence-electron chi connectivity index (χ2n) is 2.54. The Kier molecular flexibility index (Phi) is 3.51. The van der Waals surface area contributed by atoms with Gasteiger partial charge in [-0.25, -0.2) is 8.78 Å². The molecule has 1 rings (SSSR count). The number of carbonyl (C=O) groups is 1. The van der Waals surface area contributed by atoms with Crippen molar-refractivity contribution in [2.24, 2.45) is 0 Å². The number of nitrogen functional groups attached to an aromatic ring is 1. The van der Waals surface area contributed by atoms with Crippen LogP contribution in [0.4, 0.5) is 14.5 Å². The number of halogens is 3. The molecule has 0 saturated heterocycles. The Balaban J connectivity index is 3.38. The average molecular weight is 265 g/mol. The molecule has 6 heteroatoms. The van der Waals surface area contributed by atoms with E-state index in [0.29, 0.717) is 12.0 Å². The van der Waals surface area contributed by atoms with Crippen molar-refractivity contribution in [2.45, 2.75) is 11.8 Å². The van der Waals surface area contributed by atoms with Gasteiger partial charge in [-0.3, -0.25) is 9.78 Å². The second kappa shape index (κ2) is 4.45. The fourth-order valence-corrected chi connectivity index (χ4v) is 1.49. The number of anilines is 1. The van der Waals surface area contributed by atoms with Crippen LogP contribution in [0.2, 0.25) is 0 Å². The Morgan fingerprint density at radius 1 is 1.64 bits per heavy atom. The van der Waals surface area contributed by atoms with Crippen molar-refractivity contribution in [3.05, 3.63) is 23.0 Å². The highest BCUT2D eigenvalue weighted by molar-refractivity contribution is 9.08. The van der Waals surface area contributed by atoms with Gasteiger partial charge in [0.05, 0.1) is 16.9 Å². The van der Waals surface area contributed by atoms with E-state index >= 15 is 0 Å². The number of nitrogens with two attached hydrogens (primary N) is 1. The largest absolute Gasteiger partial charge is 0.397 e. The molecule has 0 aliphatic heterocycles. The van der Waals surface area contributed by atoms with Crippen molar-refractivity contribution >= 4 is 27.9 Å². The third kappa shape index (κ3) is 1.89. The van der Waals surface area contributed by atoms with Gasteiger partial charge in [0.15, 0.2) is 6.29 Å². The molecule has 0 aliphatic rings. The number of alkyl halides is 3. The lowest BCUT2D eigenvalue weighted by molar-refractivity contribution is 0.110. The molecule has 3 nitrogen and oxygen atoms in total. The van der Waals surface area contributed by atoms with E-state index in [0.717, 1.165) is 6.20 Å². The van der Waals surface area contributed by atoms with E-state index in [-0.39, 0.29) is 16.6 Å². The second-order valence-corrected chi connectivity index (χ2v) is 3.10. The summed E-state index contributed by atoms with van der Waals surface area (Å²) in [5.41, 5.74) is 5.02. The lowest BCUT2D eigenvalue weighted by Gasteiger charge is -2.09. The van der Waals surface area contributed by atoms with Crippen molar-refractivity contribution in [1.82, 2.24) is 4.98 Å². The SMILES string of the molecule is Nc1c(CBr)ncc(C=O)c1C(F)F. The molecule has 0 aliphatic carbocycles. The topological polar surface area (TPSA) is 56.0 Å². The van der Waals surface area contributed by atoms with Crippen molar-refractivity contribution < 1.29 is 13.6 Å². The summed E-state index contributed by atoms with van der Waals surface area (Å²) >= 11 is 3.06. The summed E-state index contributed by atoms with van der Waals surface area (Å²) < 4.78 is 25.0. The van der Waals surface area contributed by atoms with Crippen LogP contribution in [0.25, 0.3) is 0 Å². The number of pyridine rings is 1. The van der Waals surface area contributed by atoms with Gasteiger partial charge < -0.3 is 5.73 Å². The first-order valence-electron chi connectivity index (χ1n) is 3.68. The Labute approximate surface area is 87.4 Å². The summed E-state index contributed by atoms with van der Waals surface area (Å²) in [6.45, 7) is 0. The van der Waals surface area contributed by atoms with E-state index in [1.165, 1.54) is 0 Å². The van der Waals surface area contributed by atoms with Gasteiger partial charge in [0, 0.05) is 17.1 Å². The molecule has 0 aromatic carbocycles. The minimum absolute atomic E-state index is 0.124. The average Bonchev–Trinajstić information content (AvgIpc) is 2.16. The van der Waals surface area contributed by atoms with Crippen LogP contribution in [0.5, 0.6) is 0 Å². The third-order valence-corrected chi connectivity index (χ3v) is 2.27. The maximum atomic E-state index is 12.5. The molecule has 0 spiro atoms. The monoisotopic (exact) mass is 264 g/mol. The van der Waals surface area contributed by atoms with E-state index < -0.39 is 12.0 Å². The van der Waals surface area contributed by atoms with E-state index in [4.69, 9.17) is 5.73 Å². The number of aromatic nitrogens is 1. The maximum Gasteiger partial charge on any atom is 0.266 e. The van der Waals surface area contributed by atoms with Crippen LogP contribution >= 0.6 is 15.9 Å². The highest BCUT2D eigenvalue weighted by Gasteiger charge is 2.19. The summed E-state index contributed by atoms with van der Waals surface area (Å²) in [5, 5.41) is 0.275. The molecule has 1 aromatic heterocycles. The Bertz CT molecular complexity index is 357. The molecular formula is C8H7BrF2N2O.